The first kappa shape index (κ1) is 18.5. The number of anilines is 2. The fraction of sp³-hybridized carbons (Fsp3) is 0.364. The minimum atomic E-state index is -1.00. The number of hydrogen-bond acceptors (Lipinski definition) is 4. The lowest BCUT2D eigenvalue weighted by Gasteiger charge is -2.36. The van der Waals surface area contributed by atoms with Gasteiger partial charge in [0, 0.05) is 28.0 Å². The predicted molar refractivity (Wildman–Crippen MR) is 111 cm³/mol. The lowest BCUT2D eigenvalue weighted by Crippen LogP contribution is -2.53. The summed E-state index contributed by atoms with van der Waals surface area (Å²) in [4.78, 5) is 29.0. The normalized spacial score (nSPS) is 27.6. The van der Waals surface area contributed by atoms with Crippen molar-refractivity contribution in [1.29, 1.82) is 0 Å². The highest BCUT2D eigenvalue weighted by molar-refractivity contribution is 6.31. The lowest BCUT2D eigenvalue weighted by atomic mass is 9.78. The summed E-state index contributed by atoms with van der Waals surface area (Å²) in [5.41, 5.74) is 1.24. The van der Waals surface area contributed by atoms with Crippen LogP contribution in [0.4, 0.5) is 11.4 Å². The number of methoxy groups -OCH3 is 1. The van der Waals surface area contributed by atoms with Crippen LogP contribution in [0.3, 0.4) is 0 Å². The van der Waals surface area contributed by atoms with Crippen LogP contribution in [0.5, 0.6) is 5.75 Å². The molecule has 0 radical (unpaired) electrons. The molecule has 2 aromatic carbocycles. The zero-order valence-corrected chi connectivity index (χ0v) is 16.8. The Morgan fingerprint density at radius 2 is 2.07 bits per heavy atom. The minimum Gasteiger partial charge on any atom is -0.497 e. The van der Waals surface area contributed by atoms with Gasteiger partial charge in [-0.15, -0.1) is 0 Å². The monoisotopic (exact) mass is 411 g/mol. The summed E-state index contributed by atoms with van der Waals surface area (Å²) in [5, 5.41) is 6.57. The van der Waals surface area contributed by atoms with Crippen LogP contribution in [0, 0.1) is 5.92 Å². The second-order valence-corrected chi connectivity index (χ2v) is 8.34. The van der Waals surface area contributed by atoms with E-state index < -0.39 is 11.5 Å². The number of carbonyl (C=O) groups is 2. The van der Waals surface area contributed by atoms with Gasteiger partial charge in [0.2, 0.25) is 11.8 Å². The predicted octanol–water partition coefficient (Wildman–Crippen LogP) is 3.62. The van der Waals surface area contributed by atoms with E-state index in [1.807, 2.05) is 12.1 Å². The first-order chi connectivity index (χ1) is 14.0. The van der Waals surface area contributed by atoms with E-state index in [0.29, 0.717) is 17.1 Å². The van der Waals surface area contributed by atoms with E-state index in [2.05, 4.69) is 15.5 Å². The Morgan fingerprint density at radius 1 is 1.28 bits per heavy atom. The van der Waals surface area contributed by atoms with Crippen molar-refractivity contribution < 1.29 is 14.3 Å². The Balaban J connectivity index is 1.55. The fourth-order valence-electron chi connectivity index (χ4n) is 5.30. The molecule has 7 heteroatoms. The van der Waals surface area contributed by atoms with Crippen LogP contribution in [-0.4, -0.2) is 36.4 Å². The van der Waals surface area contributed by atoms with Crippen molar-refractivity contribution in [2.24, 2.45) is 5.92 Å². The molecule has 2 aromatic rings. The Kier molecular flexibility index (Phi) is 4.29. The Bertz CT molecular complexity index is 993. The first-order valence-corrected chi connectivity index (χ1v) is 10.2. The van der Waals surface area contributed by atoms with Crippen LogP contribution in [0.2, 0.25) is 5.02 Å². The standard InChI is InChI=1S/C22H22ClN3O3/c1-29-16-7-5-14(6-8-16)24-20(27)18-12-15-3-2-10-26(15)22(18)17-11-13(23)4-9-19(17)25-21(22)28/h4-9,11,15,18H,2-3,10,12H2,1H3,(H,24,27)(H,25,28)/t15-,18+,22-/m1/s1. The molecule has 0 saturated carbocycles. The number of nitrogens with zero attached hydrogens (tertiary/aromatic N) is 1. The molecule has 3 aliphatic rings. The maximum absolute atomic E-state index is 13.4. The van der Waals surface area contributed by atoms with Gasteiger partial charge in [-0.2, -0.15) is 0 Å². The maximum atomic E-state index is 13.4. The number of carbonyl (C=O) groups excluding carboxylic acids is 2. The molecule has 3 aliphatic heterocycles. The number of rotatable bonds is 3. The largest absolute Gasteiger partial charge is 0.497 e. The van der Waals surface area contributed by atoms with Crippen LogP contribution in [0.25, 0.3) is 0 Å². The Morgan fingerprint density at radius 3 is 2.83 bits per heavy atom. The van der Waals surface area contributed by atoms with Crippen molar-refractivity contribution in [1.82, 2.24) is 4.90 Å². The van der Waals surface area contributed by atoms with E-state index in [1.54, 1.807) is 37.4 Å². The van der Waals surface area contributed by atoms with Gasteiger partial charge in [-0.1, -0.05) is 11.6 Å². The third kappa shape index (κ3) is 2.66. The summed E-state index contributed by atoms with van der Waals surface area (Å²) in [7, 11) is 1.60. The lowest BCUT2D eigenvalue weighted by molar-refractivity contribution is -0.135. The molecule has 6 nitrogen and oxygen atoms in total. The van der Waals surface area contributed by atoms with E-state index in [-0.39, 0.29) is 17.9 Å². The van der Waals surface area contributed by atoms with Crippen LogP contribution in [-0.2, 0) is 15.1 Å². The smallest absolute Gasteiger partial charge is 0.250 e. The quantitative estimate of drug-likeness (QED) is 0.809. The van der Waals surface area contributed by atoms with E-state index in [4.69, 9.17) is 16.3 Å². The van der Waals surface area contributed by atoms with Crippen molar-refractivity contribution in [3.05, 3.63) is 53.1 Å². The summed E-state index contributed by atoms with van der Waals surface area (Å²) < 4.78 is 5.18. The number of nitrogens with one attached hydrogen (secondary N) is 2. The SMILES string of the molecule is COc1ccc(NC(=O)[C@@H]2C[C@H]3CCCN3[C@@]23C(=O)Nc2ccc(Cl)cc23)cc1. The molecular weight excluding hydrogens is 390 g/mol. The van der Waals surface area contributed by atoms with Gasteiger partial charge >= 0.3 is 0 Å². The Hall–Kier alpha value is -2.57. The molecule has 0 aromatic heterocycles. The Labute approximate surface area is 174 Å². The molecule has 2 fully saturated rings. The highest BCUT2D eigenvalue weighted by Gasteiger charge is 2.65. The summed E-state index contributed by atoms with van der Waals surface area (Å²) in [6.07, 6.45) is 2.68. The number of ether oxygens (including phenoxy) is 1. The number of hydrogen-bond donors (Lipinski definition) is 2. The van der Waals surface area contributed by atoms with Gasteiger partial charge in [0.05, 0.1) is 13.0 Å². The minimum absolute atomic E-state index is 0.131. The topological polar surface area (TPSA) is 70.7 Å². The molecule has 5 rings (SSSR count). The van der Waals surface area contributed by atoms with Crippen LogP contribution in [0.15, 0.2) is 42.5 Å². The van der Waals surface area contributed by atoms with Gasteiger partial charge in [0.25, 0.3) is 0 Å². The molecule has 29 heavy (non-hydrogen) atoms. The summed E-state index contributed by atoms with van der Waals surface area (Å²) in [6.45, 7) is 0.802. The van der Waals surface area contributed by atoms with Crippen LogP contribution in [0.1, 0.15) is 24.8 Å². The molecular formula is C22H22ClN3O3. The average molecular weight is 412 g/mol. The molecule has 0 aliphatic carbocycles. The van der Waals surface area contributed by atoms with Gasteiger partial charge in [0.15, 0.2) is 0 Å². The van der Waals surface area contributed by atoms with Crippen molar-refractivity contribution >= 4 is 34.8 Å². The van der Waals surface area contributed by atoms with E-state index in [1.165, 1.54) is 0 Å². The molecule has 1 spiro atoms. The van der Waals surface area contributed by atoms with Gasteiger partial charge in [0.1, 0.15) is 11.3 Å². The number of amides is 2. The van der Waals surface area contributed by atoms with E-state index in [0.717, 1.165) is 36.4 Å². The number of benzene rings is 2. The van der Waals surface area contributed by atoms with Gasteiger partial charge < -0.3 is 15.4 Å². The summed E-state index contributed by atoms with van der Waals surface area (Å²) >= 11 is 6.29. The second kappa shape index (κ2) is 6.75. The third-order valence-corrected chi connectivity index (χ3v) is 6.74. The molecule has 2 amide bonds. The molecule has 0 unspecified atom stereocenters. The van der Waals surface area contributed by atoms with E-state index >= 15 is 0 Å². The molecule has 150 valence electrons. The highest BCUT2D eigenvalue weighted by atomic mass is 35.5. The second-order valence-electron chi connectivity index (χ2n) is 7.91. The van der Waals surface area contributed by atoms with Crippen molar-refractivity contribution in [2.75, 3.05) is 24.3 Å². The number of halogens is 1. The van der Waals surface area contributed by atoms with Crippen LogP contribution >= 0.6 is 11.6 Å². The van der Waals surface area contributed by atoms with Crippen molar-refractivity contribution in [2.45, 2.75) is 30.8 Å². The van der Waals surface area contributed by atoms with Crippen LogP contribution < -0.4 is 15.4 Å². The maximum Gasteiger partial charge on any atom is 0.250 e. The molecule has 2 N–H and O–H groups in total. The third-order valence-electron chi connectivity index (χ3n) is 6.50. The average Bonchev–Trinajstić information content (AvgIpc) is 3.37. The summed E-state index contributed by atoms with van der Waals surface area (Å²) in [6, 6.07) is 12.9. The molecule has 2 saturated heterocycles. The molecule has 3 heterocycles. The zero-order chi connectivity index (χ0) is 20.2. The molecule has 3 atom stereocenters. The van der Waals surface area contributed by atoms with Gasteiger partial charge in [-0.05, 0) is 68.3 Å². The van der Waals surface area contributed by atoms with E-state index in [9.17, 15) is 9.59 Å². The van der Waals surface area contributed by atoms with Crippen molar-refractivity contribution in [3.63, 3.8) is 0 Å². The first-order valence-electron chi connectivity index (χ1n) is 9.87. The van der Waals surface area contributed by atoms with Gasteiger partial charge in [-0.3, -0.25) is 14.5 Å². The van der Waals surface area contributed by atoms with Gasteiger partial charge in [-0.25, -0.2) is 0 Å². The summed E-state index contributed by atoms with van der Waals surface area (Å²) in [5.74, 6) is -0.0454. The van der Waals surface area contributed by atoms with Crippen molar-refractivity contribution in [3.8, 4) is 5.75 Å². The zero-order valence-electron chi connectivity index (χ0n) is 16.1. The molecule has 0 bridgehead atoms. The highest BCUT2D eigenvalue weighted by Crippen LogP contribution is 2.55. The number of fused-ring (bicyclic) bond motifs is 4. The fourth-order valence-corrected chi connectivity index (χ4v) is 5.47.